The number of hydrogen-bond donors (Lipinski definition) is 0. The molecule has 3 aromatic rings. The van der Waals surface area contributed by atoms with Gasteiger partial charge in [-0.3, -0.25) is 4.81 Å². The highest BCUT2D eigenvalue weighted by molar-refractivity contribution is 6.57. The van der Waals surface area contributed by atoms with Crippen molar-refractivity contribution in [1.82, 2.24) is 0 Å². The fourth-order valence-electron chi connectivity index (χ4n) is 4.15. The number of hydrogen-bond acceptors (Lipinski definition) is 4. The van der Waals surface area contributed by atoms with E-state index >= 15 is 0 Å². The molecular weight excluding hydrogens is 339 g/mol. The first-order chi connectivity index (χ1) is 12.9. The Hall–Kier alpha value is -1.92. The third kappa shape index (κ3) is 2.69. The van der Waals surface area contributed by atoms with E-state index in [0.29, 0.717) is 0 Å². The summed E-state index contributed by atoms with van der Waals surface area (Å²) in [4.78, 5) is 11.8. The van der Waals surface area contributed by atoms with Gasteiger partial charge >= 0.3 is 6.92 Å². The lowest BCUT2D eigenvalue weighted by Gasteiger charge is -2.37. The topological polar surface area (TPSA) is 36.9 Å². The van der Waals surface area contributed by atoms with Gasteiger partial charge in [-0.25, -0.2) is 4.89 Å². The Bertz CT molecular complexity index is 982. The lowest BCUT2D eigenvalue weighted by molar-refractivity contribution is -0.277. The van der Waals surface area contributed by atoms with E-state index in [1.807, 2.05) is 0 Å². The molecule has 1 atom stereocenters. The summed E-state index contributed by atoms with van der Waals surface area (Å²) in [5.41, 5.74) is 0.443. The molecule has 0 bridgehead atoms. The number of fused-ring (bicyclic) bond motifs is 2. The van der Waals surface area contributed by atoms with Crippen molar-refractivity contribution in [3.8, 4) is 0 Å². The average molecular weight is 364 g/mol. The predicted octanol–water partition coefficient (Wildman–Crippen LogP) is 5.10. The van der Waals surface area contributed by atoms with Crippen LogP contribution < -0.4 is 0 Å². The van der Waals surface area contributed by atoms with Crippen LogP contribution in [0, 0.1) is 0 Å². The molecule has 1 fully saturated rings. The number of methoxy groups -OCH3 is 2. The molecule has 0 N–H and O–H groups in total. The van der Waals surface area contributed by atoms with Crippen LogP contribution in [0.5, 0.6) is 0 Å². The maximum absolute atomic E-state index is 6.00. The van der Waals surface area contributed by atoms with E-state index in [-0.39, 0.29) is 12.2 Å². The normalized spacial score (nSPS) is 22.2. The van der Waals surface area contributed by atoms with Crippen molar-refractivity contribution >= 4 is 28.5 Å². The molecule has 0 radical (unpaired) electrons. The summed E-state index contributed by atoms with van der Waals surface area (Å²) >= 11 is 0. The molecule has 3 aromatic carbocycles. The van der Waals surface area contributed by atoms with Gasteiger partial charge in [0.2, 0.25) is 0 Å². The number of benzene rings is 3. The summed E-state index contributed by atoms with van der Waals surface area (Å²) in [5, 5.41) is 4.41. The van der Waals surface area contributed by atoms with Gasteiger partial charge in [0.1, 0.15) is 5.60 Å². The fraction of sp³-hybridized carbons (Fsp3) is 0.364. The standard InChI is InChI=1S/C22H25BO4/c1-21(2)22(3,26-27-23(21)20(24-4)25-5)19-12-8-11-17-13-15-9-6-7-10-16(15)14-18(17)19/h6-14,20H,1-5H3. The first-order valence-corrected chi connectivity index (χ1v) is 9.24. The Kier molecular flexibility index (Phi) is 4.51. The molecule has 0 amide bonds. The molecule has 4 rings (SSSR count). The summed E-state index contributed by atoms with van der Waals surface area (Å²) in [7, 11) is 3.24. The van der Waals surface area contributed by atoms with Crippen LogP contribution in [-0.4, -0.2) is 27.3 Å². The van der Waals surface area contributed by atoms with Crippen molar-refractivity contribution in [3.63, 3.8) is 0 Å². The zero-order valence-electron chi connectivity index (χ0n) is 16.5. The molecule has 0 spiro atoms. The van der Waals surface area contributed by atoms with E-state index in [2.05, 4.69) is 75.4 Å². The second-order valence-corrected chi connectivity index (χ2v) is 7.92. The van der Waals surface area contributed by atoms with E-state index in [4.69, 9.17) is 19.2 Å². The lowest BCUT2D eigenvalue weighted by atomic mass is 9.41. The molecule has 1 aliphatic heterocycles. The van der Waals surface area contributed by atoms with Gasteiger partial charge in [0.05, 0.1) is 0 Å². The van der Waals surface area contributed by atoms with Gasteiger partial charge in [-0.15, -0.1) is 0 Å². The fourth-order valence-corrected chi connectivity index (χ4v) is 4.15. The van der Waals surface area contributed by atoms with Crippen molar-refractivity contribution in [2.24, 2.45) is 0 Å². The van der Waals surface area contributed by atoms with Crippen LogP contribution in [0.3, 0.4) is 0 Å². The molecule has 0 aliphatic carbocycles. The highest BCUT2D eigenvalue weighted by atomic mass is 17.2. The van der Waals surface area contributed by atoms with Crippen LogP contribution in [0.2, 0.25) is 5.31 Å². The summed E-state index contributed by atoms with van der Waals surface area (Å²) in [6.45, 7) is 6.00. The first-order valence-electron chi connectivity index (χ1n) is 9.24. The maximum atomic E-state index is 6.00. The third-order valence-corrected chi connectivity index (χ3v) is 6.23. The van der Waals surface area contributed by atoms with Crippen molar-refractivity contribution < 1.29 is 19.2 Å². The monoisotopic (exact) mass is 364 g/mol. The maximum Gasteiger partial charge on any atom is 0.409 e. The first kappa shape index (κ1) is 18.4. The van der Waals surface area contributed by atoms with Crippen LogP contribution in [0.25, 0.3) is 21.5 Å². The Morgan fingerprint density at radius 3 is 2.15 bits per heavy atom. The van der Waals surface area contributed by atoms with Crippen LogP contribution >= 0.6 is 0 Å². The molecule has 4 nitrogen and oxygen atoms in total. The van der Waals surface area contributed by atoms with Crippen molar-refractivity contribution in [1.29, 1.82) is 0 Å². The Morgan fingerprint density at radius 2 is 1.48 bits per heavy atom. The highest BCUT2D eigenvalue weighted by Crippen LogP contribution is 2.57. The van der Waals surface area contributed by atoms with Gasteiger partial charge in [0.15, 0.2) is 6.19 Å². The van der Waals surface area contributed by atoms with Crippen LogP contribution in [0.1, 0.15) is 26.3 Å². The van der Waals surface area contributed by atoms with Gasteiger partial charge in [0.25, 0.3) is 0 Å². The van der Waals surface area contributed by atoms with Gasteiger partial charge in [-0.2, -0.15) is 0 Å². The van der Waals surface area contributed by atoms with Crippen LogP contribution in [0.15, 0.2) is 54.6 Å². The quantitative estimate of drug-likeness (QED) is 0.279. The summed E-state index contributed by atoms with van der Waals surface area (Å²) in [6, 6.07) is 19.2. The minimum atomic E-state index is -0.658. The van der Waals surface area contributed by atoms with E-state index in [1.165, 1.54) is 21.5 Å². The SMILES string of the molecule is COC(OC)B1OOC(C)(c2cccc3cc4ccccc4cc23)C1(C)C. The van der Waals surface area contributed by atoms with Crippen LogP contribution in [-0.2, 0) is 24.8 Å². The predicted molar refractivity (Wildman–Crippen MR) is 109 cm³/mol. The minimum absolute atomic E-state index is 0.354. The largest absolute Gasteiger partial charge is 0.409 e. The second kappa shape index (κ2) is 6.60. The average Bonchev–Trinajstić information content (AvgIpc) is 2.91. The molecule has 0 aromatic heterocycles. The molecule has 1 heterocycles. The molecule has 27 heavy (non-hydrogen) atoms. The smallest absolute Gasteiger partial charge is 0.360 e. The Balaban J connectivity index is 1.89. The number of rotatable bonds is 4. The number of ether oxygens (including phenoxy) is 2. The molecule has 1 saturated heterocycles. The van der Waals surface area contributed by atoms with Gasteiger partial charge in [0, 0.05) is 19.5 Å². The van der Waals surface area contributed by atoms with Gasteiger partial charge in [-0.05, 0) is 46.2 Å². The second-order valence-electron chi connectivity index (χ2n) is 7.92. The molecule has 1 aliphatic rings. The summed E-state index contributed by atoms with van der Waals surface area (Å²) in [5.74, 6) is 0. The van der Waals surface area contributed by atoms with Crippen molar-refractivity contribution in [2.45, 2.75) is 37.9 Å². The molecule has 1 unspecified atom stereocenters. The minimum Gasteiger partial charge on any atom is -0.360 e. The Morgan fingerprint density at radius 1 is 0.852 bits per heavy atom. The van der Waals surface area contributed by atoms with E-state index in [1.54, 1.807) is 14.2 Å². The van der Waals surface area contributed by atoms with Crippen molar-refractivity contribution in [2.75, 3.05) is 14.2 Å². The van der Waals surface area contributed by atoms with E-state index in [0.717, 1.165) is 5.56 Å². The zero-order valence-corrected chi connectivity index (χ0v) is 16.5. The summed E-state index contributed by atoms with van der Waals surface area (Å²) < 4.78 is 10.9. The summed E-state index contributed by atoms with van der Waals surface area (Å²) in [6.07, 6.45) is -0.502. The zero-order chi connectivity index (χ0) is 19.2. The van der Waals surface area contributed by atoms with Gasteiger partial charge in [-0.1, -0.05) is 56.3 Å². The van der Waals surface area contributed by atoms with E-state index < -0.39 is 11.8 Å². The molecular formula is C22H25BO4. The Labute approximate surface area is 160 Å². The van der Waals surface area contributed by atoms with Crippen molar-refractivity contribution in [3.05, 3.63) is 60.2 Å². The molecule has 0 saturated carbocycles. The molecule has 5 heteroatoms. The van der Waals surface area contributed by atoms with E-state index in [9.17, 15) is 0 Å². The van der Waals surface area contributed by atoms with Gasteiger partial charge < -0.3 is 9.47 Å². The third-order valence-electron chi connectivity index (χ3n) is 6.23. The van der Waals surface area contributed by atoms with Crippen LogP contribution in [0.4, 0.5) is 0 Å². The molecule has 140 valence electrons. The lowest BCUT2D eigenvalue weighted by Crippen LogP contribution is -2.45. The highest BCUT2D eigenvalue weighted by Gasteiger charge is 2.62.